The Balaban J connectivity index is 1.70. The van der Waals surface area contributed by atoms with E-state index in [0.29, 0.717) is 0 Å². The summed E-state index contributed by atoms with van der Waals surface area (Å²) in [4.78, 5) is 5.92. The Morgan fingerprint density at radius 1 is 0.417 bits per heavy atom. The van der Waals surface area contributed by atoms with Gasteiger partial charge in [-0.25, -0.2) is 0 Å². The number of likely N-dealkylation sites (tertiary alicyclic amines) is 1. The Labute approximate surface area is 151 Å². The zero-order valence-electron chi connectivity index (χ0n) is 16.2. The van der Waals surface area contributed by atoms with E-state index >= 15 is 0 Å². The average Bonchev–Trinajstić information content (AvgIpc) is 2.84. The molecular formula is C22H42N2. The molecule has 2 heterocycles. The van der Waals surface area contributed by atoms with Gasteiger partial charge in [-0.05, 0) is 58.2 Å². The number of nitrogens with zero attached hydrogens (tertiary/aromatic N) is 2. The van der Waals surface area contributed by atoms with Crippen LogP contribution in [0, 0.1) is 0 Å². The van der Waals surface area contributed by atoms with Crippen molar-refractivity contribution < 1.29 is 0 Å². The Kier molecular flexibility index (Phi) is 8.42. The van der Waals surface area contributed by atoms with Crippen LogP contribution in [0.2, 0.25) is 0 Å². The molecule has 3 rings (SSSR count). The van der Waals surface area contributed by atoms with Crippen LogP contribution < -0.4 is 0 Å². The minimum Gasteiger partial charge on any atom is -0.288 e. The predicted molar refractivity (Wildman–Crippen MR) is 104 cm³/mol. The summed E-state index contributed by atoms with van der Waals surface area (Å²) in [6.07, 6.45) is 25.7. The molecule has 0 aromatic carbocycles. The summed E-state index contributed by atoms with van der Waals surface area (Å²) in [7, 11) is 0. The van der Waals surface area contributed by atoms with Gasteiger partial charge >= 0.3 is 0 Å². The minimum absolute atomic E-state index is 0.772. The largest absolute Gasteiger partial charge is 0.288 e. The van der Waals surface area contributed by atoms with E-state index in [-0.39, 0.29) is 0 Å². The molecule has 1 atom stereocenters. The number of hydrogen-bond donors (Lipinski definition) is 0. The van der Waals surface area contributed by atoms with Gasteiger partial charge in [0.1, 0.15) is 0 Å². The molecule has 1 aliphatic carbocycles. The summed E-state index contributed by atoms with van der Waals surface area (Å²) >= 11 is 0. The standard InChI is InChI=1S/C22H42N2/c1-2-5-10-16-21(15-9-4-1)24-20-14-7-3-6-11-17-22(24)23-18-12-8-13-19-23/h21-22H,1-20H2. The summed E-state index contributed by atoms with van der Waals surface area (Å²) < 4.78 is 0. The lowest BCUT2D eigenvalue weighted by Gasteiger charge is -2.45. The normalized spacial score (nSPS) is 31.2. The quantitative estimate of drug-likeness (QED) is 0.615. The Morgan fingerprint density at radius 2 is 0.875 bits per heavy atom. The molecule has 0 aromatic heterocycles. The molecule has 0 N–H and O–H groups in total. The molecule has 2 saturated heterocycles. The third kappa shape index (κ3) is 5.73. The van der Waals surface area contributed by atoms with Crippen LogP contribution >= 0.6 is 0 Å². The fraction of sp³-hybridized carbons (Fsp3) is 1.00. The maximum Gasteiger partial charge on any atom is 0.0624 e. The molecule has 140 valence electrons. The lowest BCUT2D eigenvalue weighted by Crippen LogP contribution is -2.54. The minimum atomic E-state index is 0.772. The van der Waals surface area contributed by atoms with Crippen LogP contribution in [0.3, 0.4) is 0 Å². The first kappa shape index (κ1) is 18.7. The van der Waals surface area contributed by atoms with Crippen LogP contribution in [0.5, 0.6) is 0 Å². The van der Waals surface area contributed by atoms with Gasteiger partial charge in [0.05, 0.1) is 6.17 Å². The molecule has 0 bridgehead atoms. The van der Waals surface area contributed by atoms with Gasteiger partial charge < -0.3 is 0 Å². The van der Waals surface area contributed by atoms with Gasteiger partial charge in [0.15, 0.2) is 0 Å². The third-order valence-electron chi connectivity index (χ3n) is 6.87. The van der Waals surface area contributed by atoms with E-state index in [9.17, 15) is 0 Å². The molecule has 2 aliphatic heterocycles. The average molecular weight is 335 g/mol. The smallest absolute Gasteiger partial charge is 0.0624 e. The zero-order chi connectivity index (χ0) is 16.5. The lowest BCUT2D eigenvalue weighted by molar-refractivity contribution is -0.0103. The molecule has 3 aliphatic rings. The van der Waals surface area contributed by atoms with Crippen LogP contribution in [0.25, 0.3) is 0 Å². The van der Waals surface area contributed by atoms with Gasteiger partial charge in [-0.3, -0.25) is 9.80 Å². The van der Waals surface area contributed by atoms with Crippen LogP contribution in [0.4, 0.5) is 0 Å². The van der Waals surface area contributed by atoms with Crippen molar-refractivity contribution in [3.8, 4) is 0 Å². The molecule has 0 aromatic rings. The van der Waals surface area contributed by atoms with E-state index in [1.165, 1.54) is 129 Å². The molecular weight excluding hydrogens is 292 g/mol. The van der Waals surface area contributed by atoms with Crippen LogP contribution in [-0.2, 0) is 0 Å². The molecule has 2 heteroatoms. The van der Waals surface area contributed by atoms with E-state index in [1.54, 1.807) is 0 Å². The van der Waals surface area contributed by atoms with Crippen molar-refractivity contribution >= 4 is 0 Å². The molecule has 2 nitrogen and oxygen atoms in total. The van der Waals surface area contributed by atoms with Crippen molar-refractivity contribution in [2.75, 3.05) is 19.6 Å². The maximum absolute atomic E-state index is 3.03. The molecule has 1 unspecified atom stereocenters. The number of rotatable bonds is 2. The summed E-state index contributed by atoms with van der Waals surface area (Å²) in [5, 5.41) is 0. The molecule has 0 spiro atoms. The fourth-order valence-electron chi connectivity index (χ4n) is 5.44. The van der Waals surface area contributed by atoms with E-state index < -0.39 is 0 Å². The molecule has 0 amide bonds. The first-order valence-electron chi connectivity index (χ1n) is 11.4. The second-order valence-corrected chi connectivity index (χ2v) is 8.72. The number of piperidine rings is 1. The number of hydrogen-bond acceptors (Lipinski definition) is 2. The monoisotopic (exact) mass is 334 g/mol. The highest BCUT2D eigenvalue weighted by molar-refractivity contribution is 4.83. The fourth-order valence-corrected chi connectivity index (χ4v) is 5.44. The first-order chi connectivity index (χ1) is 11.9. The van der Waals surface area contributed by atoms with E-state index in [0.717, 1.165) is 12.2 Å². The molecule has 24 heavy (non-hydrogen) atoms. The van der Waals surface area contributed by atoms with Crippen LogP contribution in [0.15, 0.2) is 0 Å². The summed E-state index contributed by atoms with van der Waals surface area (Å²) in [5.74, 6) is 0. The summed E-state index contributed by atoms with van der Waals surface area (Å²) in [6, 6.07) is 0.883. The van der Waals surface area contributed by atoms with Crippen LogP contribution in [0.1, 0.15) is 109 Å². The maximum atomic E-state index is 3.03. The van der Waals surface area contributed by atoms with Gasteiger partial charge in [0, 0.05) is 6.04 Å². The molecule has 0 radical (unpaired) electrons. The van der Waals surface area contributed by atoms with E-state index in [1.807, 2.05) is 0 Å². The SMILES string of the molecule is C1CCCCC(N2CCCCCCCC2N2CCCCC2)CCC1. The zero-order valence-corrected chi connectivity index (χ0v) is 16.2. The van der Waals surface area contributed by atoms with Gasteiger partial charge in [0.25, 0.3) is 0 Å². The molecule has 1 saturated carbocycles. The third-order valence-corrected chi connectivity index (χ3v) is 6.87. The topological polar surface area (TPSA) is 6.48 Å². The van der Waals surface area contributed by atoms with Gasteiger partial charge in [-0.15, -0.1) is 0 Å². The Hall–Kier alpha value is -0.0800. The highest BCUT2D eigenvalue weighted by Gasteiger charge is 2.31. The summed E-state index contributed by atoms with van der Waals surface area (Å²) in [6.45, 7) is 4.12. The highest BCUT2D eigenvalue weighted by Crippen LogP contribution is 2.29. The summed E-state index contributed by atoms with van der Waals surface area (Å²) in [5.41, 5.74) is 0. The predicted octanol–water partition coefficient (Wildman–Crippen LogP) is 5.96. The van der Waals surface area contributed by atoms with Crippen molar-refractivity contribution in [1.82, 2.24) is 9.80 Å². The van der Waals surface area contributed by atoms with Gasteiger partial charge in [-0.2, -0.15) is 0 Å². The van der Waals surface area contributed by atoms with Gasteiger partial charge in [0.2, 0.25) is 0 Å². The van der Waals surface area contributed by atoms with Crippen molar-refractivity contribution in [1.29, 1.82) is 0 Å². The Bertz CT molecular complexity index is 314. The second kappa shape index (κ2) is 10.8. The van der Waals surface area contributed by atoms with Crippen LogP contribution in [-0.4, -0.2) is 41.6 Å². The first-order valence-corrected chi connectivity index (χ1v) is 11.4. The highest BCUT2D eigenvalue weighted by atomic mass is 15.4. The van der Waals surface area contributed by atoms with Crippen molar-refractivity contribution in [2.45, 2.75) is 121 Å². The van der Waals surface area contributed by atoms with E-state index in [2.05, 4.69) is 9.80 Å². The van der Waals surface area contributed by atoms with Crippen molar-refractivity contribution in [3.63, 3.8) is 0 Å². The van der Waals surface area contributed by atoms with E-state index in [4.69, 9.17) is 0 Å². The molecule has 3 fully saturated rings. The lowest BCUT2D eigenvalue weighted by atomic mass is 10.00. The van der Waals surface area contributed by atoms with Crippen molar-refractivity contribution in [2.24, 2.45) is 0 Å². The second-order valence-electron chi connectivity index (χ2n) is 8.72. The van der Waals surface area contributed by atoms with Crippen molar-refractivity contribution in [3.05, 3.63) is 0 Å². The van der Waals surface area contributed by atoms with Gasteiger partial charge in [-0.1, -0.05) is 70.6 Å². The Morgan fingerprint density at radius 3 is 1.54 bits per heavy atom.